The second-order valence-electron chi connectivity index (χ2n) is 4.03. The summed E-state index contributed by atoms with van der Waals surface area (Å²) in [6.07, 6.45) is 1.84. The summed E-state index contributed by atoms with van der Waals surface area (Å²) in [7, 11) is -2.77. The van der Waals surface area contributed by atoms with E-state index in [9.17, 15) is 8.42 Å². The van der Waals surface area contributed by atoms with Crippen LogP contribution in [0, 0.1) is 5.41 Å². The van der Waals surface area contributed by atoms with E-state index in [2.05, 4.69) is 0 Å². The molecule has 0 saturated carbocycles. The summed E-state index contributed by atoms with van der Waals surface area (Å²) < 4.78 is 22.1. The van der Waals surface area contributed by atoms with E-state index in [1.54, 1.807) is 0 Å². The van der Waals surface area contributed by atoms with Crippen molar-refractivity contribution in [2.75, 3.05) is 11.5 Å². The maximum absolute atomic E-state index is 11.0. The molecule has 1 rings (SSSR count). The first-order valence-corrected chi connectivity index (χ1v) is 5.53. The molecule has 0 fully saturated rings. The van der Waals surface area contributed by atoms with Crippen LogP contribution < -0.4 is 0 Å². The summed E-state index contributed by atoms with van der Waals surface area (Å²) in [6.45, 7) is 6.12. The van der Waals surface area contributed by atoms with Gasteiger partial charge >= 0.3 is 0 Å². The molecule has 1 aliphatic rings. The van der Waals surface area contributed by atoms with Crippen LogP contribution >= 0.6 is 0 Å². The molecule has 0 radical (unpaired) electrons. The van der Waals surface area contributed by atoms with E-state index in [0.29, 0.717) is 0 Å². The molecule has 0 spiro atoms. The zero-order chi connectivity index (χ0) is 8.70. The lowest BCUT2D eigenvalue weighted by Gasteiger charge is -2.18. The third-order valence-corrected chi connectivity index (χ3v) is 3.35. The largest absolute Gasteiger partial charge is 0.228 e. The van der Waals surface area contributed by atoms with Gasteiger partial charge in [-0.15, -0.1) is 0 Å². The smallest absolute Gasteiger partial charge is 0.157 e. The molecule has 0 aromatic heterocycles. The highest BCUT2D eigenvalue weighted by molar-refractivity contribution is 7.92. The van der Waals surface area contributed by atoms with Gasteiger partial charge in [0.2, 0.25) is 0 Å². The first kappa shape index (κ1) is 8.78. The van der Waals surface area contributed by atoms with Gasteiger partial charge in [0, 0.05) is 0 Å². The fraction of sp³-hybridized carbons (Fsp3) is 0.750. The Morgan fingerprint density at radius 3 is 2.09 bits per heavy atom. The van der Waals surface area contributed by atoms with Crippen molar-refractivity contribution in [3.63, 3.8) is 0 Å². The zero-order valence-electron chi connectivity index (χ0n) is 7.22. The van der Waals surface area contributed by atoms with Gasteiger partial charge in [0.1, 0.15) is 0 Å². The van der Waals surface area contributed by atoms with Gasteiger partial charge in [-0.05, 0) is 5.41 Å². The van der Waals surface area contributed by atoms with E-state index in [0.717, 1.165) is 5.57 Å². The van der Waals surface area contributed by atoms with E-state index >= 15 is 0 Å². The molecule has 0 saturated heterocycles. The zero-order valence-corrected chi connectivity index (χ0v) is 8.03. The van der Waals surface area contributed by atoms with Gasteiger partial charge in [-0.3, -0.25) is 0 Å². The SMILES string of the molecule is CC(C)(C)C1=CCS(=O)(=O)C1. The molecular formula is C8H14O2S. The summed E-state index contributed by atoms with van der Waals surface area (Å²) in [5, 5.41) is 0. The van der Waals surface area contributed by atoms with Gasteiger partial charge < -0.3 is 0 Å². The number of rotatable bonds is 0. The number of hydrogen-bond acceptors (Lipinski definition) is 2. The van der Waals surface area contributed by atoms with E-state index in [-0.39, 0.29) is 16.9 Å². The van der Waals surface area contributed by atoms with Crippen LogP contribution in [0.1, 0.15) is 20.8 Å². The average molecular weight is 174 g/mol. The predicted molar refractivity (Wildman–Crippen MR) is 46.2 cm³/mol. The van der Waals surface area contributed by atoms with Crippen LogP contribution in [0.2, 0.25) is 0 Å². The second kappa shape index (κ2) is 2.34. The van der Waals surface area contributed by atoms with Gasteiger partial charge in [0.05, 0.1) is 11.5 Å². The van der Waals surface area contributed by atoms with Crippen molar-refractivity contribution in [2.45, 2.75) is 20.8 Å². The normalized spacial score (nSPS) is 23.4. The molecule has 0 N–H and O–H groups in total. The first-order valence-electron chi connectivity index (χ1n) is 3.71. The topological polar surface area (TPSA) is 34.1 Å². The molecular weight excluding hydrogens is 160 g/mol. The number of hydrogen-bond donors (Lipinski definition) is 0. The molecule has 1 heterocycles. The fourth-order valence-electron chi connectivity index (χ4n) is 1.11. The molecule has 64 valence electrons. The Bertz CT molecular complexity index is 278. The molecule has 3 heteroatoms. The lowest BCUT2D eigenvalue weighted by atomic mass is 9.88. The summed E-state index contributed by atoms with van der Waals surface area (Å²) in [5.74, 6) is 0.496. The minimum Gasteiger partial charge on any atom is -0.228 e. The number of sulfone groups is 1. The van der Waals surface area contributed by atoms with Gasteiger partial charge in [-0.25, -0.2) is 8.42 Å². The van der Waals surface area contributed by atoms with Crippen molar-refractivity contribution < 1.29 is 8.42 Å². The average Bonchev–Trinajstić information content (AvgIpc) is 2.07. The maximum Gasteiger partial charge on any atom is 0.157 e. The Morgan fingerprint density at radius 2 is 1.91 bits per heavy atom. The Morgan fingerprint density at radius 1 is 1.36 bits per heavy atom. The highest BCUT2D eigenvalue weighted by Gasteiger charge is 2.27. The Balaban J connectivity index is 2.84. The molecule has 0 bridgehead atoms. The summed E-state index contributed by atoms with van der Waals surface area (Å²) >= 11 is 0. The van der Waals surface area contributed by atoms with Crippen LogP contribution in [0.25, 0.3) is 0 Å². The van der Waals surface area contributed by atoms with Crippen LogP contribution in [0.4, 0.5) is 0 Å². The molecule has 1 aliphatic heterocycles. The van der Waals surface area contributed by atoms with Crippen molar-refractivity contribution in [3.05, 3.63) is 11.6 Å². The lowest BCUT2D eigenvalue weighted by Crippen LogP contribution is -2.13. The molecule has 0 unspecified atom stereocenters. The summed E-state index contributed by atoms with van der Waals surface area (Å²) in [4.78, 5) is 0. The summed E-state index contributed by atoms with van der Waals surface area (Å²) in [5.41, 5.74) is 1.07. The van der Waals surface area contributed by atoms with Crippen LogP contribution in [0.15, 0.2) is 11.6 Å². The maximum atomic E-state index is 11.0. The van der Waals surface area contributed by atoms with Crippen molar-refractivity contribution in [3.8, 4) is 0 Å². The monoisotopic (exact) mass is 174 g/mol. The molecule has 0 aromatic carbocycles. The molecule has 0 amide bonds. The second-order valence-corrected chi connectivity index (χ2v) is 6.14. The van der Waals surface area contributed by atoms with Crippen molar-refractivity contribution in [1.82, 2.24) is 0 Å². The quantitative estimate of drug-likeness (QED) is 0.520. The van der Waals surface area contributed by atoms with E-state index in [4.69, 9.17) is 0 Å². The predicted octanol–water partition coefficient (Wildman–Crippen LogP) is 1.39. The Hall–Kier alpha value is -0.310. The van der Waals surface area contributed by atoms with Crippen molar-refractivity contribution in [2.24, 2.45) is 5.41 Å². The molecule has 0 aliphatic carbocycles. The van der Waals surface area contributed by atoms with E-state index in [1.807, 2.05) is 26.8 Å². The molecule has 0 aromatic rings. The van der Waals surface area contributed by atoms with Gasteiger partial charge in [0.25, 0.3) is 0 Å². The van der Waals surface area contributed by atoms with Crippen LogP contribution in [0.5, 0.6) is 0 Å². The minimum atomic E-state index is -2.77. The van der Waals surface area contributed by atoms with Crippen molar-refractivity contribution in [1.29, 1.82) is 0 Å². The van der Waals surface area contributed by atoms with Gasteiger partial charge in [0.15, 0.2) is 9.84 Å². The van der Waals surface area contributed by atoms with E-state index in [1.165, 1.54) is 0 Å². The van der Waals surface area contributed by atoms with Crippen LogP contribution in [0.3, 0.4) is 0 Å². The third-order valence-electron chi connectivity index (χ3n) is 1.92. The lowest BCUT2D eigenvalue weighted by molar-refractivity contribution is 0.504. The fourth-order valence-corrected chi connectivity index (χ4v) is 2.70. The van der Waals surface area contributed by atoms with Crippen LogP contribution in [-0.4, -0.2) is 19.9 Å². The molecule has 0 atom stereocenters. The van der Waals surface area contributed by atoms with Gasteiger partial charge in [-0.2, -0.15) is 0 Å². The Kier molecular flexibility index (Phi) is 1.87. The summed E-state index contributed by atoms with van der Waals surface area (Å²) in [6, 6.07) is 0. The van der Waals surface area contributed by atoms with Crippen LogP contribution in [-0.2, 0) is 9.84 Å². The molecule has 2 nitrogen and oxygen atoms in total. The van der Waals surface area contributed by atoms with E-state index < -0.39 is 9.84 Å². The third kappa shape index (κ3) is 2.06. The highest BCUT2D eigenvalue weighted by atomic mass is 32.2. The standard InChI is InChI=1S/C8H14O2S/c1-8(2,3)7-4-5-11(9,10)6-7/h4H,5-6H2,1-3H3. The minimum absolute atomic E-state index is 0.0174. The Labute approximate surface area is 68.2 Å². The highest BCUT2D eigenvalue weighted by Crippen LogP contribution is 2.29. The molecule has 11 heavy (non-hydrogen) atoms. The van der Waals surface area contributed by atoms with Gasteiger partial charge in [-0.1, -0.05) is 32.4 Å². The van der Waals surface area contributed by atoms with Crippen molar-refractivity contribution >= 4 is 9.84 Å². The first-order chi connectivity index (χ1) is 4.81.